The van der Waals surface area contributed by atoms with E-state index in [4.69, 9.17) is 33.0 Å². The highest BCUT2D eigenvalue weighted by Gasteiger charge is 2.19. The van der Waals surface area contributed by atoms with Gasteiger partial charge in [0.15, 0.2) is 5.65 Å². The Balaban J connectivity index is 1.65. The van der Waals surface area contributed by atoms with Gasteiger partial charge >= 0.3 is 5.69 Å². The molecule has 2 aromatic heterocycles. The molecule has 5 aromatic rings. The summed E-state index contributed by atoms with van der Waals surface area (Å²) in [6.07, 6.45) is 2.28. The van der Waals surface area contributed by atoms with E-state index in [2.05, 4.69) is 5.10 Å². The van der Waals surface area contributed by atoms with Crippen molar-refractivity contribution in [3.63, 3.8) is 0 Å². The van der Waals surface area contributed by atoms with Gasteiger partial charge in [-0.2, -0.15) is 9.61 Å². The van der Waals surface area contributed by atoms with Crippen molar-refractivity contribution in [2.24, 2.45) is 0 Å². The molecule has 0 saturated heterocycles. The molecule has 8 heteroatoms. The summed E-state index contributed by atoms with van der Waals surface area (Å²) in [6.45, 7) is 0.388. The first-order valence-corrected chi connectivity index (χ1v) is 11.4. The van der Waals surface area contributed by atoms with Gasteiger partial charge in [0.1, 0.15) is 5.75 Å². The third kappa shape index (κ3) is 4.18. The van der Waals surface area contributed by atoms with Crippen LogP contribution < -0.4 is 10.4 Å². The average molecular weight is 491 g/mol. The molecular weight excluding hydrogens is 471 g/mol. The lowest BCUT2D eigenvalue weighted by Crippen LogP contribution is -2.23. The maximum absolute atomic E-state index is 13.2. The molecule has 0 N–H and O–H groups in total. The van der Waals surface area contributed by atoms with Gasteiger partial charge in [0.2, 0.25) is 0 Å². The fourth-order valence-corrected chi connectivity index (χ4v) is 4.24. The number of halogens is 2. The quantitative estimate of drug-likeness (QED) is 0.302. The lowest BCUT2D eigenvalue weighted by Gasteiger charge is -2.11. The Bertz CT molecular complexity index is 1520. The van der Waals surface area contributed by atoms with Crippen molar-refractivity contribution in [1.29, 1.82) is 0 Å². The van der Waals surface area contributed by atoms with Gasteiger partial charge in [0.05, 0.1) is 19.9 Å². The van der Waals surface area contributed by atoms with E-state index in [1.807, 2.05) is 72.8 Å². The number of methoxy groups -OCH3 is 1. The van der Waals surface area contributed by atoms with E-state index in [1.54, 1.807) is 13.3 Å². The normalized spacial score (nSPS) is 11.1. The highest BCUT2D eigenvalue weighted by Crippen LogP contribution is 2.35. The maximum Gasteiger partial charge on any atom is 0.367 e. The molecule has 0 saturated carbocycles. The minimum atomic E-state index is -0.303. The van der Waals surface area contributed by atoms with Crippen LogP contribution in [-0.4, -0.2) is 26.5 Å². The molecule has 0 aliphatic heterocycles. The van der Waals surface area contributed by atoms with Gasteiger partial charge in [0, 0.05) is 21.2 Å². The number of hydrogen-bond donors (Lipinski definition) is 0. The van der Waals surface area contributed by atoms with Crippen molar-refractivity contribution >= 4 is 28.8 Å². The summed E-state index contributed by atoms with van der Waals surface area (Å²) < 4.78 is 8.22. The van der Waals surface area contributed by atoms with Crippen LogP contribution in [0, 0.1) is 0 Å². The van der Waals surface area contributed by atoms with Gasteiger partial charge in [-0.3, -0.25) is 0 Å². The first kappa shape index (κ1) is 22.2. The van der Waals surface area contributed by atoms with E-state index < -0.39 is 0 Å². The van der Waals surface area contributed by atoms with Gasteiger partial charge in [-0.25, -0.2) is 9.48 Å². The molecule has 0 radical (unpaired) electrons. The SMILES string of the molecule is COc1ccccc1CCn1nc2c(-c3ccc(Cl)cc3)c(-c3ccc(Cl)cc3)cnn2c1=O. The minimum absolute atomic E-state index is 0.303. The zero-order valence-corrected chi connectivity index (χ0v) is 19.8. The summed E-state index contributed by atoms with van der Waals surface area (Å²) in [5.41, 5.74) is 4.60. The lowest BCUT2D eigenvalue weighted by atomic mass is 9.97. The van der Waals surface area contributed by atoms with E-state index in [0.29, 0.717) is 28.7 Å². The van der Waals surface area contributed by atoms with Crippen LogP contribution in [0.15, 0.2) is 83.8 Å². The highest BCUT2D eigenvalue weighted by molar-refractivity contribution is 6.31. The number of aromatic nitrogens is 4. The number of aryl methyl sites for hydroxylation is 2. The minimum Gasteiger partial charge on any atom is -0.496 e. The fraction of sp³-hybridized carbons (Fsp3) is 0.115. The Hall–Kier alpha value is -3.61. The molecule has 0 aliphatic rings. The van der Waals surface area contributed by atoms with Crippen molar-refractivity contribution in [3.8, 4) is 28.0 Å². The smallest absolute Gasteiger partial charge is 0.367 e. The van der Waals surface area contributed by atoms with Crippen LogP contribution in [0.1, 0.15) is 5.56 Å². The molecule has 6 nitrogen and oxygen atoms in total. The number of rotatable bonds is 6. The van der Waals surface area contributed by atoms with Crippen molar-refractivity contribution in [2.45, 2.75) is 13.0 Å². The number of fused-ring (bicyclic) bond motifs is 1. The van der Waals surface area contributed by atoms with E-state index >= 15 is 0 Å². The van der Waals surface area contributed by atoms with Gasteiger partial charge < -0.3 is 4.74 Å². The number of benzene rings is 3. The van der Waals surface area contributed by atoms with Crippen LogP contribution in [0.3, 0.4) is 0 Å². The first-order chi connectivity index (χ1) is 16.5. The molecule has 0 aliphatic carbocycles. The number of nitrogens with zero attached hydrogens (tertiary/aromatic N) is 4. The molecular formula is C26H20Cl2N4O2. The maximum atomic E-state index is 13.2. The van der Waals surface area contributed by atoms with Crippen molar-refractivity contribution < 1.29 is 4.74 Å². The zero-order chi connectivity index (χ0) is 23.7. The summed E-state index contributed by atoms with van der Waals surface area (Å²) in [5, 5.41) is 10.4. The van der Waals surface area contributed by atoms with Gasteiger partial charge in [-0.1, -0.05) is 65.7 Å². The zero-order valence-electron chi connectivity index (χ0n) is 18.3. The van der Waals surface area contributed by atoms with Crippen molar-refractivity contribution in [2.75, 3.05) is 7.11 Å². The monoisotopic (exact) mass is 490 g/mol. The Morgan fingerprint density at radius 3 is 2.21 bits per heavy atom. The van der Waals surface area contributed by atoms with E-state index in [-0.39, 0.29) is 5.69 Å². The largest absolute Gasteiger partial charge is 0.496 e. The second-order valence-electron chi connectivity index (χ2n) is 7.75. The number of hydrogen-bond acceptors (Lipinski definition) is 4. The Morgan fingerprint density at radius 2 is 1.53 bits per heavy atom. The molecule has 0 atom stereocenters. The Morgan fingerprint density at radius 1 is 0.882 bits per heavy atom. The third-order valence-electron chi connectivity index (χ3n) is 5.69. The number of ether oxygens (including phenoxy) is 1. The average Bonchev–Trinajstić information content (AvgIpc) is 3.19. The molecule has 3 aromatic carbocycles. The van der Waals surface area contributed by atoms with E-state index in [0.717, 1.165) is 33.6 Å². The highest BCUT2D eigenvalue weighted by atomic mass is 35.5. The third-order valence-corrected chi connectivity index (χ3v) is 6.19. The lowest BCUT2D eigenvalue weighted by molar-refractivity contribution is 0.407. The molecule has 34 heavy (non-hydrogen) atoms. The van der Waals surface area contributed by atoms with Crippen LogP contribution in [0.4, 0.5) is 0 Å². The summed E-state index contributed by atoms with van der Waals surface area (Å²) in [7, 11) is 1.64. The summed E-state index contributed by atoms with van der Waals surface area (Å²) in [6, 6.07) is 22.7. The molecule has 2 heterocycles. The van der Waals surface area contributed by atoms with Crippen LogP contribution >= 0.6 is 23.2 Å². The Kier molecular flexibility index (Phi) is 6.09. The van der Waals surface area contributed by atoms with Crippen molar-refractivity contribution in [1.82, 2.24) is 19.4 Å². The van der Waals surface area contributed by atoms with Gasteiger partial charge in [-0.05, 0) is 53.4 Å². The van der Waals surface area contributed by atoms with E-state index in [9.17, 15) is 4.79 Å². The first-order valence-electron chi connectivity index (χ1n) is 10.7. The topological polar surface area (TPSA) is 61.4 Å². The fourth-order valence-electron chi connectivity index (χ4n) is 3.99. The second-order valence-corrected chi connectivity index (χ2v) is 8.62. The molecule has 170 valence electrons. The second kappa shape index (κ2) is 9.33. The summed E-state index contributed by atoms with van der Waals surface area (Å²) in [4.78, 5) is 13.2. The van der Waals surface area contributed by atoms with Crippen LogP contribution in [0.5, 0.6) is 5.75 Å². The predicted molar refractivity (Wildman–Crippen MR) is 135 cm³/mol. The van der Waals surface area contributed by atoms with Crippen LogP contribution in [0.25, 0.3) is 27.9 Å². The summed E-state index contributed by atoms with van der Waals surface area (Å²) in [5.74, 6) is 0.782. The molecule has 0 unspecified atom stereocenters. The van der Waals surface area contributed by atoms with Crippen LogP contribution in [0.2, 0.25) is 10.0 Å². The van der Waals surface area contributed by atoms with E-state index in [1.165, 1.54) is 9.20 Å². The van der Waals surface area contributed by atoms with Crippen molar-refractivity contribution in [3.05, 3.63) is 105 Å². The van der Waals surface area contributed by atoms with Gasteiger partial charge in [0.25, 0.3) is 0 Å². The number of para-hydroxylation sites is 1. The molecule has 0 bridgehead atoms. The Labute approximate surface area is 206 Å². The predicted octanol–water partition coefficient (Wildman–Crippen LogP) is 5.78. The molecule has 0 spiro atoms. The molecule has 0 amide bonds. The van der Waals surface area contributed by atoms with Crippen LogP contribution in [-0.2, 0) is 13.0 Å². The summed E-state index contributed by atoms with van der Waals surface area (Å²) >= 11 is 12.2. The standard InChI is InChI=1S/C26H20Cl2N4O2/c1-34-23-5-3-2-4-18(23)14-15-31-26(33)32-25(30-31)24(19-8-12-21(28)13-9-19)22(16-29-32)17-6-10-20(27)11-7-17/h2-13,16H,14-15H2,1H3. The molecule has 5 rings (SSSR count). The van der Waals surface area contributed by atoms with Gasteiger partial charge in [-0.15, -0.1) is 5.10 Å². The molecule has 0 fully saturated rings.